The van der Waals surface area contributed by atoms with Crippen LogP contribution in [0.25, 0.3) is 0 Å². The average Bonchev–Trinajstić information content (AvgIpc) is 2.50. The van der Waals surface area contributed by atoms with Gasteiger partial charge in [-0.25, -0.2) is 0 Å². The summed E-state index contributed by atoms with van der Waals surface area (Å²) in [7, 11) is 1.64. The highest BCUT2D eigenvalue weighted by Crippen LogP contribution is 2.10. The van der Waals surface area contributed by atoms with Crippen molar-refractivity contribution in [3.8, 4) is 5.75 Å². The number of amides is 2. The first kappa shape index (κ1) is 15.3. The molecule has 1 aromatic rings. The minimum absolute atomic E-state index is 0.0157. The van der Waals surface area contributed by atoms with E-state index in [4.69, 9.17) is 0 Å². The fraction of sp³-hybridized carbons (Fsp3) is 0.467. The van der Waals surface area contributed by atoms with Gasteiger partial charge in [0.1, 0.15) is 5.75 Å². The Morgan fingerprint density at radius 2 is 1.86 bits per heavy atom. The highest BCUT2D eigenvalue weighted by molar-refractivity contribution is 5.85. The summed E-state index contributed by atoms with van der Waals surface area (Å²) < 4.78 is 0. The molecular weight excluding hydrogens is 270 g/mol. The minimum atomic E-state index is -0.107. The van der Waals surface area contributed by atoms with Crippen LogP contribution in [-0.4, -0.2) is 66.5 Å². The third kappa shape index (κ3) is 4.46. The van der Waals surface area contributed by atoms with Crippen LogP contribution in [-0.2, 0) is 16.0 Å². The number of likely N-dealkylation sites (N-methyl/N-ethyl adjacent to an activating group) is 1. The van der Waals surface area contributed by atoms with Gasteiger partial charge in [0.05, 0.1) is 13.0 Å². The number of carbonyl (C=O) groups excluding carboxylic acids is 2. The molecule has 1 saturated heterocycles. The Balaban J connectivity index is 1.84. The van der Waals surface area contributed by atoms with E-state index in [9.17, 15) is 14.7 Å². The number of piperazine rings is 1. The van der Waals surface area contributed by atoms with Gasteiger partial charge >= 0.3 is 0 Å². The van der Waals surface area contributed by atoms with Gasteiger partial charge in [-0.3, -0.25) is 9.59 Å². The third-order valence-electron chi connectivity index (χ3n) is 3.56. The van der Waals surface area contributed by atoms with Crippen molar-refractivity contribution in [2.75, 3.05) is 39.8 Å². The largest absolute Gasteiger partial charge is 0.508 e. The number of benzene rings is 1. The molecule has 0 bridgehead atoms. The summed E-state index contributed by atoms with van der Waals surface area (Å²) in [4.78, 5) is 27.4. The summed E-state index contributed by atoms with van der Waals surface area (Å²) in [6.07, 6.45) is 0.228. The number of hydrogen-bond acceptors (Lipinski definition) is 4. The van der Waals surface area contributed by atoms with Crippen LogP contribution in [0.5, 0.6) is 5.75 Å². The van der Waals surface area contributed by atoms with Crippen molar-refractivity contribution in [1.82, 2.24) is 15.1 Å². The maximum atomic E-state index is 12.1. The maximum Gasteiger partial charge on any atom is 0.242 e. The van der Waals surface area contributed by atoms with Crippen molar-refractivity contribution in [2.24, 2.45) is 0 Å². The minimum Gasteiger partial charge on any atom is -0.508 e. The molecular formula is C15H21N3O3. The summed E-state index contributed by atoms with van der Waals surface area (Å²) in [5, 5.41) is 12.4. The van der Waals surface area contributed by atoms with E-state index in [1.807, 2.05) is 0 Å². The van der Waals surface area contributed by atoms with Gasteiger partial charge in [0, 0.05) is 33.2 Å². The monoisotopic (exact) mass is 291 g/mol. The summed E-state index contributed by atoms with van der Waals surface area (Å²) >= 11 is 0. The first-order valence-corrected chi connectivity index (χ1v) is 7.06. The second-order valence-corrected chi connectivity index (χ2v) is 5.22. The normalized spacial score (nSPS) is 14.8. The quantitative estimate of drug-likeness (QED) is 0.807. The highest BCUT2D eigenvalue weighted by atomic mass is 16.3. The molecule has 0 atom stereocenters. The highest BCUT2D eigenvalue weighted by Gasteiger charge is 2.19. The molecule has 2 rings (SSSR count). The number of nitrogens with zero attached hydrogens (tertiary/aromatic N) is 2. The average molecular weight is 291 g/mol. The van der Waals surface area contributed by atoms with Crippen molar-refractivity contribution in [3.05, 3.63) is 29.8 Å². The van der Waals surface area contributed by atoms with Gasteiger partial charge in [0.15, 0.2) is 0 Å². The van der Waals surface area contributed by atoms with Crippen LogP contribution in [0.4, 0.5) is 0 Å². The molecule has 114 valence electrons. The molecule has 1 aliphatic heterocycles. The standard InChI is InChI=1S/C15H21N3O3/c1-17(11-15(21)18-8-6-16-7-9-18)14(20)10-12-2-4-13(19)5-3-12/h2-5,16,19H,6-11H2,1H3. The Bertz CT molecular complexity index is 495. The Kier molecular flexibility index (Phi) is 5.16. The Hall–Kier alpha value is -2.08. The van der Waals surface area contributed by atoms with E-state index in [2.05, 4.69) is 5.32 Å². The molecule has 0 aliphatic carbocycles. The third-order valence-corrected chi connectivity index (χ3v) is 3.56. The van der Waals surface area contributed by atoms with E-state index in [1.165, 1.54) is 4.90 Å². The van der Waals surface area contributed by atoms with E-state index >= 15 is 0 Å². The molecule has 0 saturated carbocycles. The number of phenols is 1. The number of phenolic OH excluding ortho intramolecular Hbond substituents is 1. The zero-order chi connectivity index (χ0) is 15.2. The molecule has 1 heterocycles. The maximum absolute atomic E-state index is 12.1. The van der Waals surface area contributed by atoms with E-state index in [-0.39, 0.29) is 30.5 Å². The lowest BCUT2D eigenvalue weighted by atomic mass is 10.1. The van der Waals surface area contributed by atoms with Crippen LogP contribution in [0.15, 0.2) is 24.3 Å². The second-order valence-electron chi connectivity index (χ2n) is 5.22. The number of carbonyl (C=O) groups is 2. The molecule has 0 unspecified atom stereocenters. The number of nitrogens with one attached hydrogen (secondary N) is 1. The van der Waals surface area contributed by atoms with Gasteiger partial charge < -0.3 is 20.2 Å². The number of hydrogen-bond donors (Lipinski definition) is 2. The summed E-state index contributed by atoms with van der Waals surface area (Å²) in [6.45, 7) is 3.10. The summed E-state index contributed by atoms with van der Waals surface area (Å²) in [5.74, 6) is 0.0515. The molecule has 6 nitrogen and oxygen atoms in total. The van der Waals surface area contributed by atoms with Crippen molar-refractivity contribution < 1.29 is 14.7 Å². The van der Waals surface area contributed by atoms with Gasteiger partial charge in [-0.15, -0.1) is 0 Å². The SMILES string of the molecule is CN(CC(=O)N1CCNCC1)C(=O)Cc1ccc(O)cc1. The summed E-state index contributed by atoms with van der Waals surface area (Å²) in [6, 6.07) is 6.52. The topological polar surface area (TPSA) is 72.9 Å². The van der Waals surface area contributed by atoms with Gasteiger partial charge in [-0.2, -0.15) is 0 Å². The Labute approximate surface area is 124 Å². The van der Waals surface area contributed by atoms with Crippen molar-refractivity contribution in [1.29, 1.82) is 0 Å². The number of rotatable bonds is 4. The van der Waals surface area contributed by atoms with Crippen LogP contribution < -0.4 is 5.32 Å². The van der Waals surface area contributed by atoms with Gasteiger partial charge in [-0.1, -0.05) is 12.1 Å². The molecule has 21 heavy (non-hydrogen) atoms. The molecule has 2 N–H and O–H groups in total. The first-order valence-electron chi connectivity index (χ1n) is 7.06. The van der Waals surface area contributed by atoms with E-state index in [0.717, 1.165) is 18.7 Å². The van der Waals surface area contributed by atoms with Crippen molar-refractivity contribution >= 4 is 11.8 Å². The molecule has 1 fully saturated rings. The zero-order valence-electron chi connectivity index (χ0n) is 12.2. The Morgan fingerprint density at radius 1 is 1.24 bits per heavy atom. The van der Waals surface area contributed by atoms with Crippen LogP contribution in [0.1, 0.15) is 5.56 Å². The fourth-order valence-electron chi connectivity index (χ4n) is 2.23. The van der Waals surface area contributed by atoms with E-state index in [0.29, 0.717) is 13.1 Å². The van der Waals surface area contributed by atoms with Crippen molar-refractivity contribution in [2.45, 2.75) is 6.42 Å². The van der Waals surface area contributed by atoms with Crippen molar-refractivity contribution in [3.63, 3.8) is 0 Å². The lowest BCUT2D eigenvalue weighted by molar-refractivity contribution is -0.139. The first-order chi connectivity index (χ1) is 10.1. The van der Waals surface area contributed by atoms with Crippen LogP contribution in [0.2, 0.25) is 0 Å². The molecule has 1 aliphatic rings. The Morgan fingerprint density at radius 3 is 2.48 bits per heavy atom. The molecule has 0 radical (unpaired) electrons. The molecule has 2 amide bonds. The molecule has 6 heteroatoms. The van der Waals surface area contributed by atoms with Crippen LogP contribution in [0, 0.1) is 0 Å². The second kappa shape index (κ2) is 7.08. The lowest BCUT2D eigenvalue weighted by Crippen LogP contribution is -2.49. The predicted octanol–water partition coefficient (Wildman–Crippen LogP) is -0.175. The molecule has 1 aromatic carbocycles. The van der Waals surface area contributed by atoms with Gasteiger partial charge in [0.2, 0.25) is 11.8 Å². The summed E-state index contributed by atoms with van der Waals surface area (Å²) in [5.41, 5.74) is 0.819. The molecule has 0 aromatic heterocycles. The molecule has 0 spiro atoms. The van der Waals surface area contributed by atoms with Gasteiger partial charge in [0.25, 0.3) is 0 Å². The van der Waals surface area contributed by atoms with Gasteiger partial charge in [-0.05, 0) is 17.7 Å². The predicted molar refractivity (Wildman–Crippen MR) is 78.9 cm³/mol. The lowest BCUT2D eigenvalue weighted by Gasteiger charge is -2.29. The van der Waals surface area contributed by atoms with Crippen LogP contribution >= 0.6 is 0 Å². The van der Waals surface area contributed by atoms with E-state index < -0.39 is 0 Å². The number of aromatic hydroxyl groups is 1. The fourth-order valence-corrected chi connectivity index (χ4v) is 2.23. The zero-order valence-corrected chi connectivity index (χ0v) is 12.2. The van der Waals surface area contributed by atoms with E-state index in [1.54, 1.807) is 36.2 Å². The smallest absolute Gasteiger partial charge is 0.242 e. The van der Waals surface area contributed by atoms with Crippen LogP contribution in [0.3, 0.4) is 0 Å².